The van der Waals surface area contributed by atoms with Gasteiger partial charge in [-0.15, -0.1) is 0 Å². The second-order valence-corrected chi connectivity index (χ2v) is 17.2. The number of hydrogen-bond acceptors (Lipinski definition) is 3. The van der Waals surface area contributed by atoms with E-state index in [0.29, 0.717) is 17.5 Å². The Morgan fingerprint density at radius 2 is 0.826 bits per heavy atom. The lowest BCUT2D eigenvalue weighted by Gasteiger charge is -2.11. The van der Waals surface area contributed by atoms with Crippen LogP contribution < -0.4 is 0 Å². The SMILES string of the molecule is C=Cc1c(/C=C\Cc2cccc(-c3nc(-c4ccccc4)nc(-c4ccccc4)n3)c2)c2ccccc2n1-c1ccc(-c2ccc3c(c2)c2ccccc2n3-c2ccc(-c3ccccc3)cc2)cc1. The van der Waals surface area contributed by atoms with Crippen LogP contribution in [-0.2, 0) is 6.42 Å². The van der Waals surface area contributed by atoms with Gasteiger partial charge in [0.25, 0.3) is 0 Å². The number of aromatic nitrogens is 5. The van der Waals surface area contributed by atoms with Crippen LogP contribution >= 0.6 is 0 Å². The number of fused-ring (bicyclic) bond motifs is 4. The largest absolute Gasteiger partial charge is 0.309 e. The summed E-state index contributed by atoms with van der Waals surface area (Å²) in [5.41, 5.74) is 16.7. The van der Waals surface area contributed by atoms with Gasteiger partial charge < -0.3 is 9.13 Å². The summed E-state index contributed by atoms with van der Waals surface area (Å²) in [4.78, 5) is 14.8. The van der Waals surface area contributed by atoms with E-state index in [9.17, 15) is 0 Å². The van der Waals surface area contributed by atoms with Crippen LogP contribution in [0.4, 0.5) is 0 Å². The molecule has 3 aromatic heterocycles. The summed E-state index contributed by atoms with van der Waals surface area (Å²) in [5.74, 6) is 1.94. The molecule has 0 N–H and O–H groups in total. The number of allylic oxidation sites excluding steroid dienone is 1. The van der Waals surface area contributed by atoms with Gasteiger partial charge in [-0.05, 0) is 94.9 Å². The molecule has 0 radical (unpaired) electrons. The van der Waals surface area contributed by atoms with Crippen LogP contribution in [0.5, 0.6) is 0 Å². The molecule has 3 heterocycles. The van der Waals surface area contributed by atoms with E-state index in [1.807, 2.05) is 66.7 Å². The Morgan fingerprint density at radius 1 is 0.362 bits per heavy atom. The first-order chi connectivity index (χ1) is 34.2. The quantitative estimate of drug-likeness (QED) is 0.130. The number of hydrogen-bond donors (Lipinski definition) is 0. The maximum absolute atomic E-state index is 4.97. The summed E-state index contributed by atoms with van der Waals surface area (Å²) in [7, 11) is 0. The van der Waals surface area contributed by atoms with Crippen LogP contribution in [0.2, 0.25) is 0 Å². The van der Waals surface area contributed by atoms with E-state index in [1.165, 1.54) is 43.9 Å². The third-order valence-corrected chi connectivity index (χ3v) is 13.0. The number of nitrogens with zero attached hydrogens (tertiary/aromatic N) is 5. The highest BCUT2D eigenvalue weighted by Gasteiger charge is 2.17. The monoisotopic (exact) mass is 883 g/mol. The lowest BCUT2D eigenvalue weighted by atomic mass is 10.0. The first-order valence-corrected chi connectivity index (χ1v) is 23.4. The van der Waals surface area contributed by atoms with Crippen molar-refractivity contribution in [3.05, 3.63) is 260 Å². The fraction of sp³-hybridized carbons (Fsp3) is 0.0156. The van der Waals surface area contributed by atoms with Crippen molar-refractivity contribution in [2.24, 2.45) is 0 Å². The van der Waals surface area contributed by atoms with Crippen molar-refractivity contribution >= 4 is 44.9 Å². The van der Waals surface area contributed by atoms with Gasteiger partial charge >= 0.3 is 0 Å². The highest BCUT2D eigenvalue weighted by atomic mass is 15.0. The van der Waals surface area contributed by atoms with Gasteiger partial charge in [0.2, 0.25) is 0 Å². The third-order valence-electron chi connectivity index (χ3n) is 13.0. The molecule has 0 amide bonds. The first kappa shape index (κ1) is 41.3. The Balaban J connectivity index is 0.839. The van der Waals surface area contributed by atoms with Crippen LogP contribution in [0, 0.1) is 0 Å². The van der Waals surface area contributed by atoms with Gasteiger partial charge in [-0.3, -0.25) is 0 Å². The highest BCUT2D eigenvalue weighted by Crippen LogP contribution is 2.37. The molecule has 0 aliphatic carbocycles. The van der Waals surface area contributed by atoms with Gasteiger partial charge in [-0.1, -0.05) is 195 Å². The van der Waals surface area contributed by atoms with Gasteiger partial charge in [-0.25, -0.2) is 15.0 Å². The molecule has 326 valence electrons. The number of benzene rings is 9. The van der Waals surface area contributed by atoms with Crippen molar-refractivity contribution in [1.82, 2.24) is 24.1 Å². The lowest BCUT2D eigenvalue weighted by Crippen LogP contribution is -2.00. The van der Waals surface area contributed by atoms with E-state index in [2.05, 4.69) is 198 Å². The van der Waals surface area contributed by atoms with Crippen molar-refractivity contribution in [2.45, 2.75) is 6.42 Å². The second kappa shape index (κ2) is 17.9. The summed E-state index contributed by atoms with van der Waals surface area (Å²) >= 11 is 0. The molecule has 0 saturated heterocycles. The summed E-state index contributed by atoms with van der Waals surface area (Å²) in [6.07, 6.45) is 7.18. The molecule has 5 heteroatoms. The maximum atomic E-state index is 4.97. The zero-order valence-corrected chi connectivity index (χ0v) is 37.8. The van der Waals surface area contributed by atoms with Gasteiger partial charge in [0, 0.05) is 49.8 Å². The first-order valence-electron chi connectivity index (χ1n) is 23.4. The minimum Gasteiger partial charge on any atom is -0.309 e. The summed E-state index contributed by atoms with van der Waals surface area (Å²) in [5, 5.41) is 3.64. The molecule has 0 aliphatic heterocycles. The number of rotatable bonds is 11. The normalized spacial score (nSPS) is 11.5. The van der Waals surface area contributed by atoms with Gasteiger partial charge in [0.1, 0.15) is 0 Å². The van der Waals surface area contributed by atoms with E-state index in [0.717, 1.165) is 62.4 Å². The Hall–Kier alpha value is -9.19. The Morgan fingerprint density at radius 3 is 1.45 bits per heavy atom. The van der Waals surface area contributed by atoms with Crippen LogP contribution in [0.1, 0.15) is 16.8 Å². The van der Waals surface area contributed by atoms with E-state index in [4.69, 9.17) is 15.0 Å². The average molecular weight is 884 g/mol. The predicted octanol–water partition coefficient (Wildman–Crippen LogP) is 16.1. The van der Waals surface area contributed by atoms with Gasteiger partial charge in [0.15, 0.2) is 17.5 Å². The van der Waals surface area contributed by atoms with Crippen molar-refractivity contribution in [3.8, 4) is 67.8 Å². The molecule has 0 saturated carbocycles. The molecule has 12 aromatic rings. The summed E-state index contributed by atoms with van der Waals surface area (Å²) in [6.45, 7) is 4.33. The topological polar surface area (TPSA) is 48.5 Å². The predicted molar refractivity (Wildman–Crippen MR) is 287 cm³/mol. The van der Waals surface area contributed by atoms with Crippen molar-refractivity contribution < 1.29 is 0 Å². The Kier molecular flexibility index (Phi) is 10.7. The summed E-state index contributed by atoms with van der Waals surface area (Å²) < 4.78 is 4.70. The lowest BCUT2D eigenvalue weighted by molar-refractivity contribution is 1.07. The molecule has 0 spiro atoms. The molecule has 69 heavy (non-hydrogen) atoms. The third kappa shape index (κ3) is 7.82. The van der Waals surface area contributed by atoms with E-state index >= 15 is 0 Å². The highest BCUT2D eigenvalue weighted by molar-refractivity contribution is 6.10. The van der Waals surface area contributed by atoms with Crippen LogP contribution in [0.25, 0.3) is 113 Å². The number of para-hydroxylation sites is 2. The van der Waals surface area contributed by atoms with E-state index < -0.39 is 0 Å². The van der Waals surface area contributed by atoms with Crippen LogP contribution in [-0.4, -0.2) is 24.1 Å². The van der Waals surface area contributed by atoms with Crippen molar-refractivity contribution in [2.75, 3.05) is 0 Å². The van der Waals surface area contributed by atoms with Crippen LogP contribution in [0.15, 0.2) is 243 Å². The maximum Gasteiger partial charge on any atom is 0.164 e. The second-order valence-electron chi connectivity index (χ2n) is 17.2. The van der Waals surface area contributed by atoms with Crippen LogP contribution in [0.3, 0.4) is 0 Å². The minimum absolute atomic E-state index is 0.644. The standard InChI is InChI=1S/C64H45N5/c1-2-58-54(29-17-19-44-18-16-26-51(42-44)64-66-62(48-22-8-4-9-23-48)65-63(67-64)49-24-10-5-11-25-49)55-27-12-14-30-59(55)68(58)52-39-34-47(35-40-52)50-36-41-61-57(43-50)56-28-13-15-31-60(56)69(61)53-37-32-46(33-38-53)45-20-6-3-7-21-45/h2-18,20-43H,1,19H2/b29-17-. The molecule has 9 aromatic carbocycles. The summed E-state index contributed by atoms with van der Waals surface area (Å²) in [6, 6.07) is 81.2. The zero-order chi connectivity index (χ0) is 46.1. The average Bonchev–Trinajstić information content (AvgIpc) is 3.93. The van der Waals surface area contributed by atoms with Crippen molar-refractivity contribution in [3.63, 3.8) is 0 Å². The molecule has 12 rings (SSSR count). The molecule has 0 unspecified atom stereocenters. The zero-order valence-electron chi connectivity index (χ0n) is 37.8. The smallest absolute Gasteiger partial charge is 0.164 e. The van der Waals surface area contributed by atoms with Gasteiger partial charge in [-0.2, -0.15) is 0 Å². The van der Waals surface area contributed by atoms with Gasteiger partial charge in [0.05, 0.1) is 22.2 Å². The molecule has 0 bridgehead atoms. The fourth-order valence-corrected chi connectivity index (χ4v) is 9.69. The molecular weight excluding hydrogens is 839 g/mol. The minimum atomic E-state index is 0.644. The Bertz CT molecular complexity index is 3790. The molecule has 0 aliphatic rings. The molecule has 0 fully saturated rings. The molecule has 0 atom stereocenters. The Labute approximate surface area is 401 Å². The molecule has 5 nitrogen and oxygen atoms in total. The fourth-order valence-electron chi connectivity index (χ4n) is 9.69. The van der Waals surface area contributed by atoms with Crippen molar-refractivity contribution in [1.29, 1.82) is 0 Å². The van der Waals surface area contributed by atoms with E-state index in [-0.39, 0.29) is 0 Å². The van der Waals surface area contributed by atoms with E-state index in [1.54, 1.807) is 0 Å². The molecular formula is C64H45N5.